The van der Waals surface area contributed by atoms with E-state index in [0.717, 1.165) is 24.8 Å². The molecule has 0 aromatic heterocycles. The van der Waals surface area contributed by atoms with E-state index < -0.39 is 5.41 Å². The zero-order chi connectivity index (χ0) is 13.7. The van der Waals surface area contributed by atoms with E-state index in [2.05, 4.69) is 6.07 Å². The van der Waals surface area contributed by atoms with Crippen LogP contribution in [0.4, 0.5) is 0 Å². The fourth-order valence-electron chi connectivity index (χ4n) is 2.82. The maximum absolute atomic E-state index is 12.6. The van der Waals surface area contributed by atoms with Crippen LogP contribution in [0.5, 0.6) is 0 Å². The number of benzene rings is 1. The molecular formula is C16H20N2O. The van der Waals surface area contributed by atoms with Gasteiger partial charge in [-0.25, -0.2) is 0 Å². The molecule has 19 heavy (non-hydrogen) atoms. The molecule has 0 heterocycles. The molecule has 1 fully saturated rings. The van der Waals surface area contributed by atoms with Gasteiger partial charge in [0.25, 0.3) is 0 Å². The van der Waals surface area contributed by atoms with Crippen LogP contribution >= 0.6 is 0 Å². The lowest BCUT2D eigenvalue weighted by Gasteiger charge is -2.33. The SMILES string of the molecule is CN(Cc1ccccc1)C(=O)C1(C#N)CCCCC1. The van der Waals surface area contributed by atoms with Crippen molar-refractivity contribution in [3.63, 3.8) is 0 Å². The highest BCUT2D eigenvalue weighted by molar-refractivity contribution is 5.85. The summed E-state index contributed by atoms with van der Waals surface area (Å²) < 4.78 is 0. The summed E-state index contributed by atoms with van der Waals surface area (Å²) in [7, 11) is 1.79. The normalized spacial score (nSPS) is 17.5. The molecule has 0 unspecified atom stereocenters. The van der Waals surface area contributed by atoms with Crippen molar-refractivity contribution in [2.45, 2.75) is 38.6 Å². The maximum atomic E-state index is 12.6. The molecule has 0 aliphatic heterocycles. The van der Waals surface area contributed by atoms with Crippen molar-refractivity contribution < 1.29 is 4.79 Å². The molecule has 3 nitrogen and oxygen atoms in total. The Bertz CT molecular complexity index is 469. The van der Waals surface area contributed by atoms with E-state index in [1.165, 1.54) is 0 Å². The number of carbonyl (C=O) groups is 1. The molecular weight excluding hydrogens is 236 g/mol. The predicted molar refractivity (Wildman–Crippen MR) is 74.0 cm³/mol. The van der Waals surface area contributed by atoms with Crippen LogP contribution in [0.3, 0.4) is 0 Å². The zero-order valence-corrected chi connectivity index (χ0v) is 11.4. The third-order valence-corrected chi connectivity index (χ3v) is 3.94. The lowest BCUT2D eigenvalue weighted by atomic mass is 9.74. The standard InChI is InChI=1S/C16H20N2O/c1-18(12-14-8-4-2-5-9-14)15(19)16(13-17)10-6-3-7-11-16/h2,4-5,8-9H,3,6-7,10-12H2,1H3. The van der Waals surface area contributed by atoms with Crippen LogP contribution in [0.2, 0.25) is 0 Å². The third-order valence-electron chi connectivity index (χ3n) is 3.94. The Morgan fingerprint density at radius 1 is 1.26 bits per heavy atom. The second-order valence-corrected chi connectivity index (χ2v) is 5.40. The molecule has 100 valence electrons. The maximum Gasteiger partial charge on any atom is 0.243 e. The molecule has 3 heteroatoms. The first kappa shape index (κ1) is 13.6. The van der Waals surface area contributed by atoms with Crippen molar-refractivity contribution in [1.82, 2.24) is 4.90 Å². The van der Waals surface area contributed by atoms with Crippen LogP contribution in [0.15, 0.2) is 30.3 Å². The van der Waals surface area contributed by atoms with Crippen molar-refractivity contribution in [3.8, 4) is 6.07 Å². The molecule has 1 aromatic rings. The molecule has 0 N–H and O–H groups in total. The summed E-state index contributed by atoms with van der Waals surface area (Å²) >= 11 is 0. The second kappa shape index (κ2) is 5.88. The van der Waals surface area contributed by atoms with E-state index in [-0.39, 0.29) is 5.91 Å². The Labute approximate surface area is 114 Å². The lowest BCUT2D eigenvalue weighted by molar-refractivity contribution is -0.139. The van der Waals surface area contributed by atoms with E-state index in [4.69, 9.17) is 0 Å². The lowest BCUT2D eigenvalue weighted by Crippen LogP contribution is -2.42. The molecule has 0 bridgehead atoms. The first-order chi connectivity index (χ1) is 9.18. The summed E-state index contributed by atoms with van der Waals surface area (Å²) in [5, 5.41) is 9.43. The quantitative estimate of drug-likeness (QED) is 0.834. The molecule has 0 atom stereocenters. The second-order valence-electron chi connectivity index (χ2n) is 5.40. The zero-order valence-electron chi connectivity index (χ0n) is 11.4. The van der Waals surface area contributed by atoms with E-state index in [9.17, 15) is 10.1 Å². The largest absolute Gasteiger partial charge is 0.340 e. The van der Waals surface area contributed by atoms with E-state index in [0.29, 0.717) is 19.4 Å². The van der Waals surface area contributed by atoms with Crippen LogP contribution in [0.25, 0.3) is 0 Å². The van der Waals surface area contributed by atoms with Crippen LogP contribution in [-0.2, 0) is 11.3 Å². The summed E-state index contributed by atoms with van der Waals surface area (Å²) in [4.78, 5) is 14.3. The van der Waals surface area contributed by atoms with Crippen molar-refractivity contribution in [3.05, 3.63) is 35.9 Å². The van der Waals surface area contributed by atoms with E-state index >= 15 is 0 Å². The van der Waals surface area contributed by atoms with Gasteiger partial charge in [-0.05, 0) is 18.4 Å². The molecule has 1 aromatic carbocycles. The smallest absolute Gasteiger partial charge is 0.243 e. The minimum absolute atomic E-state index is 0.0152. The minimum Gasteiger partial charge on any atom is -0.340 e. The van der Waals surface area contributed by atoms with Crippen LogP contribution in [-0.4, -0.2) is 17.9 Å². The summed E-state index contributed by atoms with van der Waals surface area (Å²) in [6, 6.07) is 12.2. The van der Waals surface area contributed by atoms with Crippen LogP contribution in [0.1, 0.15) is 37.7 Å². The van der Waals surface area contributed by atoms with Gasteiger partial charge in [-0.2, -0.15) is 5.26 Å². The highest BCUT2D eigenvalue weighted by Crippen LogP contribution is 2.37. The van der Waals surface area contributed by atoms with Gasteiger partial charge in [0, 0.05) is 13.6 Å². The van der Waals surface area contributed by atoms with Crippen molar-refractivity contribution in [1.29, 1.82) is 5.26 Å². The number of hydrogen-bond donors (Lipinski definition) is 0. The Morgan fingerprint density at radius 3 is 2.47 bits per heavy atom. The number of nitrogens with zero attached hydrogens (tertiary/aromatic N) is 2. The highest BCUT2D eigenvalue weighted by atomic mass is 16.2. The third kappa shape index (κ3) is 2.96. The molecule has 1 aliphatic rings. The number of nitriles is 1. The average Bonchev–Trinajstić information content (AvgIpc) is 2.48. The molecule has 0 radical (unpaired) electrons. The van der Waals surface area contributed by atoms with Gasteiger partial charge >= 0.3 is 0 Å². The molecule has 0 spiro atoms. The highest BCUT2D eigenvalue weighted by Gasteiger charge is 2.41. The molecule has 1 saturated carbocycles. The Morgan fingerprint density at radius 2 is 1.89 bits per heavy atom. The van der Waals surface area contributed by atoms with Gasteiger partial charge in [0.15, 0.2) is 0 Å². The number of rotatable bonds is 3. The summed E-state index contributed by atoms with van der Waals surface area (Å²) in [6.45, 7) is 0.573. The fraction of sp³-hybridized carbons (Fsp3) is 0.500. The van der Waals surface area contributed by atoms with Gasteiger partial charge in [0.05, 0.1) is 6.07 Å². The van der Waals surface area contributed by atoms with Gasteiger partial charge in [-0.15, -0.1) is 0 Å². The van der Waals surface area contributed by atoms with Gasteiger partial charge in [-0.1, -0.05) is 49.6 Å². The van der Waals surface area contributed by atoms with Crippen molar-refractivity contribution >= 4 is 5.91 Å². The first-order valence-electron chi connectivity index (χ1n) is 6.89. The van der Waals surface area contributed by atoms with Gasteiger partial charge < -0.3 is 4.90 Å². The summed E-state index contributed by atoms with van der Waals surface area (Å²) in [5.41, 5.74) is 0.323. The Balaban J connectivity index is 2.08. The van der Waals surface area contributed by atoms with E-state index in [1.54, 1.807) is 11.9 Å². The van der Waals surface area contributed by atoms with E-state index in [1.807, 2.05) is 30.3 Å². The van der Waals surface area contributed by atoms with Crippen LogP contribution < -0.4 is 0 Å². The minimum atomic E-state index is -0.776. The van der Waals surface area contributed by atoms with Crippen molar-refractivity contribution in [2.75, 3.05) is 7.05 Å². The summed E-state index contributed by atoms with van der Waals surface area (Å²) in [6.07, 6.45) is 4.53. The van der Waals surface area contributed by atoms with Gasteiger partial charge in [0.1, 0.15) is 5.41 Å². The summed E-state index contributed by atoms with van der Waals surface area (Å²) in [5.74, 6) is -0.0152. The Hall–Kier alpha value is -1.82. The topological polar surface area (TPSA) is 44.1 Å². The fourth-order valence-corrected chi connectivity index (χ4v) is 2.82. The van der Waals surface area contributed by atoms with Crippen LogP contribution in [0, 0.1) is 16.7 Å². The molecule has 2 rings (SSSR count). The number of amides is 1. The Kier molecular flexibility index (Phi) is 4.21. The monoisotopic (exact) mass is 256 g/mol. The number of hydrogen-bond acceptors (Lipinski definition) is 2. The molecule has 1 amide bonds. The molecule has 1 aliphatic carbocycles. The van der Waals surface area contributed by atoms with Crippen molar-refractivity contribution in [2.24, 2.45) is 5.41 Å². The first-order valence-corrected chi connectivity index (χ1v) is 6.89. The number of carbonyl (C=O) groups excluding carboxylic acids is 1. The van der Waals surface area contributed by atoms with Gasteiger partial charge in [-0.3, -0.25) is 4.79 Å². The van der Waals surface area contributed by atoms with Gasteiger partial charge in [0.2, 0.25) is 5.91 Å². The predicted octanol–water partition coefficient (Wildman–Crippen LogP) is 3.12. The molecule has 0 saturated heterocycles. The average molecular weight is 256 g/mol.